The zero-order valence-electron chi connectivity index (χ0n) is 17.2. The number of anilines is 1. The second-order valence-corrected chi connectivity index (χ2v) is 9.02. The normalized spacial score (nSPS) is 22.8. The molecule has 1 fully saturated rings. The highest BCUT2D eigenvalue weighted by Crippen LogP contribution is 2.41. The van der Waals surface area contributed by atoms with Crippen molar-refractivity contribution in [3.8, 4) is 0 Å². The molecule has 5 nitrogen and oxygen atoms in total. The van der Waals surface area contributed by atoms with E-state index in [0.29, 0.717) is 21.7 Å². The molecular formula is C23H26Cl2N4O. The third kappa shape index (κ3) is 4.34. The summed E-state index contributed by atoms with van der Waals surface area (Å²) in [6.45, 7) is 6.01. The zero-order chi connectivity index (χ0) is 21.3. The van der Waals surface area contributed by atoms with Crippen LogP contribution in [0.25, 0.3) is 0 Å². The third-order valence-electron chi connectivity index (χ3n) is 5.97. The van der Waals surface area contributed by atoms with Gasteiger partial charge in [0.2, 0.25) is 0 Å². The molecule has 2 aliphatic rings. The zero-order valence-corrected chi connectivity index (χ0v) is 18.7. The summed E-state index contributed by atoms with van der Waals surface area (Å²) in [6, 6.07) is 15.1. The molecule has 2 aromatic carbocycles. The van der Waals surface area contributed by atoms with Gasteiger partial charge in [-0.15, -0.1) is 0 Å². The van der Waals surface area contributed by atoms with Gasteiger partial charge in [-0.25, -0.2) is 5.01 Å². The fourth-order valence-corrected chi connectivity index (χ4v) is 4.48. The number of rotatable bonds is 4. The number of halogens is 2. The molecule has 7 heteroatoms. The van der Waals surface area contributed by atoms with Crippen molar-refractivity contribution in [1.29, 1.82) is 0 Å². The Labute approximate surface area is 187 Å². The lowest BCUT2D eigenvalue weighted by Crippen LogP contribution is -2.49. The van der Waals surface area contributed by atoms with E-state index in [2.05, 4.69) is 12.3 Å². The highest BCUT2D eigenvalue weighted by atomic mass is 35.5. The van der Waals surface area contributed by atoms with Crippen molar-refractivity contribution >= 4 is 40.5 Å². The molecule has 0 saturated carbocycles. The van der Waals surface area contributed by atoms with Gasteiger partial charge in [-0.3, -0.25) is 15.2 Å². The molecule has 0 aliphatic carbocycles. The largest absolute Gasteiger partial charge is 0.284 e. The third-order valence-corrected chi connectivity index (χ3v) is 6.54. The number of benzene rings is 2. The maximum Gasteiger partial charge on any atom is 0.282 e. The molecule has 0 radical (unpaired) electrons. The molecule has 1 amide bonds. The van der Waals surface area contributed by atoms with Gasteiger partial charge in [-0.2, -0.15) is 5.10 Å². The summed E-state index contributed by atoms with van der Waals surface area (Å²) in [5.41, 5.74) is 5.38. The highest BCUT2D eigenvalue weighted by molar-refractivity contribution is 6.40. The van der Waals surface area contributed by atoms with Crippen LogP contribution in [0.15, 0.2) is 53.6 Å². The summed E-state index contributed by atoms with van der Waals surface area (Å²) in [6.07, 6.45) is 2.17. The van der Waals surface area contributed by atoms with Crippen LogP contribution in [0, 0.1) is 11.8 Å². The molecule has 0 aromatic heterocycles. The minimum Gasteiger partial charge on any atom is -0.284 e. The molecule has 4 rings (SSSR count). The van der Waals surface area contributed by atoms with Gasteiger partial charge in [0.1, 0.15) is 5.71 Å². The van der Waals surface area contributed by atoms with Crippen molar-refractivity contribution in [3.05, 3.63) is 64.1 Å². The van der Waals surface area contributed by atoms with Crippen molar-refractivity contribution in [2.45, 2.75) is 32.7 Å². The van der Waals surface area contributed by atoms with E-state index in [-0.39, 0.29) is 17.9 Å². The standard InChI is InChI=1S/C23H26Cl2N4O/c1-15-11-13-28(14-12-15)27-23(30)21-16(2)22(17-7-9-18(24)10-8-17)29(26-21)20-6-4-3-5-19(20)25/h3-10,15-16,22H,11-14H2,1-2H3,(H,27,30)/t16-,22+/m0/s1. The Morgan fingerprint density at radius 2 is 1.70 bits per heavy atom. The predicted octanol–water partition coefficient (Wildman–Crippen LogP) is 5.31. The first-order valence-corrected chi connectivity index (χ1v) is 11.1. The Morgan fingerprint density at radius 1 is 1.03 bits per heavy atom. The lowest BCUT2D eigenvalue weighted by atomic mass is 9.91. The molecule has 1 N–H and O–H groups in total. The molecule has 0 spiro atoms. The molecule has 30 heavy (non-hydrogen) atoms. The average molecular weight is 445 g/mol. The predicted molar refractivity (Wildman–Crippen MR) is 123 cm³/mol. The number of nitrogens with zero attached hydrogens (tertiary/aromatic N) is 3. The van der Waals surface area contributed by atoms with Crippen LogP contribution in [0.3, 0.4) is 0 Å². The van der Waals surface area contributed by atoms with E-state index >= 15 is 0 Å². The smallest absolute Gasteiger partial charge is 0.282 e. The number of carbonyl (C=O) groups is 1. The molecule has 2 aromatic rings. The maximum atomic E-state index is 13.1. The Bertz CT molecular complexity index is 938. The average Bonchev–Trinajstić information content (AvgIpc) is 3.08. The monoisotopic (exact) mass is 444 g/mol. The number of hydrazone groups is 1. The lowest BCUT2D eigenvalue weighted by Gasteiger charge is -2.30. The number of nitrogens with one attached hydrogen (secondary N) is 1. The molecule has 1 saturated heterocycles. The minimum absolute atomic E-state index is 0.119. The first-order chi connectivity index (χ1) is 14.4. The van der Waals surface area contributed by atoms with Crippen LogP contribution in [-0.4, -0.2) is 29.7 Å². The number of carbonyl (C=O) groups excluding carboxylic acids is 1. The number of piperidine rings is 1. The molecule has 2 atom stereocenters. The van der Waals surface area contributed by atoms with Crippen molar-refractivity contribution in [3.63, 3.8) is 0 Å². The van der Waals surface area contributed by atoms with Gasteiger partial charge in [-0.1, -0.05) is 61.3 Å². The van der Waals surface area contributed by atoms with Crippen LogP contribution < -0.4 is 10.4 Å². The van der Waals surface area contributed by atoms with Crippen molar-refractivity contribution in [2.75, 3.05) is 18.1 Å². The van der Waals surface area contributed by atoms with Gasteiger partial charge in [0.15, 0.2) is 0 Å². The van der Waals surface area contributed by atoms with Crippen molar-refractivity contribution in [2.24, 2.45) is 16.9 Å². The Kier molecular flexibility index (Phi) is 6.32. The van der Waals surface area contributed by atoms with E-state index in [9.17, 15) is 4.79 Å². The van der Waals surface area contributed by atoms with Crippen LogP contribution in [-0.2, 0) is 4.79 Å². The second kappa shape index (κ2) is 8.96. The minimum atomic E-state index is -0.149. The summed E-state index contributed by atoms with van der Waals surface area (Å²) in [7, 11) is 0. The van der Waals surface area contributed by atoms with E-state index in [1.165, 1.54) is 0 Å². The van der Waals surface area contributed by atoms with Crippen molar-refractivity contribution in [1.82, 2.24) is 10.4 Å². The lowest BCUT2D eigenvalue weighted by molar-refractivity contribution is -0.120. The molecule has 158 valence electrons. The highest BCUT2D eigenvalue weighted by Gasteiger charge is 2.40. The number of hydrazine groups is 1. The van der Waals surface area contributed by atoms with Crippen LogP contribution in [0.1, 0.15) is 38.3 Å². The topological polar surface area (TPSA) is 47.9 Å². The van der Waals surface area contributed by atoms with E-state index in [4.69, 9.17) is 28.3 Å². The van der Waals surface area contributed by atoms with E-state index in [0.717, 1.165) is 37.2 Å². The summed E-state index contributed by atoms with van der Waals surface area (Å²) >= 11 is 12.6. The summed E-state index contributed by atoms with van der Waals surface area (Å²) in [5.74, 6) is 0.433. The van der Waals surface area contributed by atoms with Gasteiger partial charge in [0.25, 0.3) is 5.91 Å². The van der Waals surface area contributed by atoms with Gasteiger partial charge in [0.05, 0.1) is 16.8 Å². The molecule has 2 heterocycles. The van der Waals surface area contributed by atoms with Gasteiger partial charge >= 0.3 is 0 Å². The van der Waals surface area contributed by atoms with Crippen molar-refractivity contribution < 1.29 is 4.79 Å². The van der Waals surface area contributed by atoms with Gasteiger partial charge < -0.3 is 0 Å². The summed E-state index contributed by atoms with van der Waals surface area (Å²) in [5, 5.41) is 9.90. The summed E-state index contributed by atoms with van der Waals surface area (Å²) in [4.78, 5) is 13.1. The summed E-state index contributed by atoms with van der Waals surface area (Å²) < 4.78 is 0. The van der Waals surface area contributed by atoms with E-state index < -0.39 is 0 Å². The first kappa shape index (κ1) is 21.2. The fourth-order valence-electron chi connectivity index (χ4n) is 4.14. The first-order valence-electron chi connectivity index (χ1n) is 10.4. The van der Waals surface area contributed by atoms with Crippen LogP contribution in [0.4, 0.5) is 5.69 Å². The Morgan fingerprint density at radius 3 is 2.37 bits per heavy atom. The molecule has 2 aliphatic heterocycles. The Balaban J connectivity index is 1.63. The van der Waals surface area contributed by atoms with Crippen LogP contribution >= 0.6 is 23.2 Å². The number of para-hydroxylation sites is 1. The number of hydrogen-bond donors (Lipinski definition) is 1. The molecular weight excluding hydrogens is 419 g/mol. The SMILES string of the molecule is CC1CCN(NC(=O)C2=NN(c3ccccc3Cl)[C@@H](c3ccc(Cl)cc3)[C@H]2C)CC1. The molecule has 0 unspecified atom stereocenters. The van der Waals surface area contributed by atoms with Gasteiger partial charge in [0, 0.05) is 24.0 Å². The fraction of sp³-hybridized carbons (Fsp3) is 0.391. The van der Waals surface area contributed by atoms with Gasteiger partial charge in [-0.05, 0) is 48.6 Å². The Hall–Kier alpha value is -2.08. The quantitative estimate of drug-likeness (QED) is 0.694. The van der Waals surface area contributed by atoms with E-state index in [1.807, 2.05) is 65.5 Å². The number of hydrogen-bond acceptors (Lipinski definition) is 4. The molecule has 0 bridgehead atoms. The second-order valence-electron chi connectivity index (χ2n) is 8.18. The van der Waals surface area contributed by atoms with E-state index in [1.54, 1.807) is 0 Å². The number of amides is 1. The maximum absolute atomic E-state index is 13.1. The van der Waals surface area contributed by atoms with Crippen LogP contribution in [0.5, 0.6) is 0 Å². The van der Waals surface area contributed by atoms with Crippen LogP contribution in [0.2, 0.25) is 10.0 Å².